The number of rotatable bonds is 4. The van der Waals surface area contributed by atoms with E-state index in [-0.39, 0.29) is 17.8 Å². The Morgan fingerprint density at radius 1 is 1.36 bits per heavy atom. The average molecular weight is 318 g/mol. The third kappa shape index (κ3) is 3.36. The Kier molecular flexibility index (Phi) is 4.55. The van der Waals surface area contributed by atoms with E-state index < -0.39 is 0 Å². The molecule has 1 aromatic carbocycles. The Labute approximate surface area is 133 Å². The van der Waals surface area contributed by atoms with Crippen LogP contribution in [0, 0.1) is 5.82 Å². The Hall–Kier alpha value is -1.72. The van der Waals surface area contributed by atoms with E-state index in [1.807, 2.05) is 6.92 Å². The van der Waals surface area contributed by atoms with Crippen molar-refractivity contribution < 1.29 is 9.18 Å². The van der Waals surface area contributed by atoms with Crippen molar-refractivity contribution in [2.45, 2.75) is 32.5 Å². The van der Waals surface area contributed by atoms with Crippen LogP contribution >= 0.6 is 11.3 Å². The maximum absolute atomic E-state index is 12.9. The van der Waals surface area contributed by atoms with Crippen LogP contribution < -0.4 is 5.32 Å². The van der Waals surface area contributed by atoms with Crippen LogP contribution in [0.2, 0.25) is 0 Å². The molecule has 0 fully saturated rings. The van der Waals surface area contributed by atoms with Crippen molar-refractivity contribution in [2.75, 3.05) is 6.54 Å². The summed E-state index contributed by atoms with van der Waals surface area (Å²) in [7, 11) is 0. The number of carbonyl (C=O) groups excluding carboxylic acids is 1. The van der Waals surface area contributed by atoms with Crippen molar-refractivity contribution in [3.8, 4) is 0 Å². The smallest absolute Gasteiger partial charge is 0.237 e. The van der Waals surface area contributed by atoms with E-state index in [0.29, 0.717) is 6.54 Å². The molecule has 22 heavy (non-hydrogen) atoms. The van der Waals surface area contributed by atoms with Gasteiger partial charge in [-0.05, 0) is 48.1 Å². The minimum Gasteiger partial charge on any atom is -0.351 e. The lowest BCUT2D eigenvalue weighted by molar-refractivity contribution is -0.126. The highest BCUT2D eigenvalue weighted by atomic mass is 32.1. The zero-order chi connectivity index (χ0) is 15.5. The van der Waals surface area contributed by atoms with Gasteiger partial charge in [0.25, 0.3) is 0 Å². The van der Waals surface area contributed by atoms with Gasteiger partial charge in [-0.1, -0.05) is 12.1 Å². The maximum atomic E-state index is 12.9. The minimum atomic E-state index is -0.261. The Balaban J connectivity index is 1.55. The second kappa shape index (κ2) is 6.58. The molecule has 0 aliphatic carbocycles. The number of benzene rings is 1. The third-order valence-electron chi connectivity index (χ3n) is 4.14. The largest absolute Gasteiger partial charge is 0.351 e. The topological polar surface area (TPSA) is 32.3 Å². The van der Waals surface area contributed by atoms with Crippen LogP contribution in [0.1, 0.15) is 22.9 Å². The quantitative estimate of drug-likeness (QED) is 0.940. The van der Waals surface area contributed by atoms with Crippen molar-refractivity contribution in [1.82, 2.24) is 10.2 Å². The van der Waals surface area contributed by atoms with Crippen molar-refractivity contribution in [3.05, 3.63) is 57.5 Å². The first-order valence-corrected chi connectivity index (χ1v) is 8.33. The first-order valence-electron chi connectivity index (χ1n) is 7.45. The van der Waals surface area contributed by atoms with E-state index in [1.165, 1.54) is 22.6 Å². The van der Waals surface area contributed by atoms with E-state index in [2.05, 4.69) is 21.7 Å². The number of hydrogen-bond acceptors (Lipinski definition) is 3. The molecular weight excluding hydrogens is 299 g/mol. The molecule has 2 aromatic rings. The molecule has 0 bridgehead atoms. The summed E-state index contributed by atoms with van der Waals surface area (Å²) < 4.78 is 12.9. The zero-order valence-corrected chi connectivity index (χ0v) is 13.3. The molecule has 0 unspecified atom stereocenters. The lowest BCUT2D eigenvalue weighted by Gasteiger charge is -2.31. The van der Waals surface area contributed by atoms with Crippen LogP contribution in [0.4, 0.5) is 4.39 Å². The van der Waals surface area contributed by atoms with Gasteiger partial charge in [0.15, 0.2) is 0 Å². The van der Waals surface area contributed by atoms with Crippen LogP contribution in [0.25, 0.3) is 0 Å². The van der Waals surface area contributed by atoms with Gasteiger partial charge < -0.3 is 5.32 Å². The van der Waals surface area contributed by atoms with E-state index in [0.717, 1.165) is 25.1 Å². The molecule has 0 saturated heterocycles. The molecule has 3 rings (SSSR count). The SMILES string of the molecule is C[C@H](C(=O)NCc1ccc(F)cc1)N1CCc2sccc2C1. The third-order valence-corrected chi connectivity index (χ3v) is 5.17. The van der Waals surface area contributed by atoms with Crippen LogP contribution in [0.5, 0.6) is 0 Å². The molecule has 1 aromatic heterocycles. The van der Waals surface area contributed by atoms with Crippen molar-refractivity contribution in [1.29, 1.82) is 0 Å². The number of hydrogen-bond donors (Lipinski definition) is 1. The molecule has 0 saturated carbocycles. The van der Waals surface area contributed by atoms with Gasteiger partial charge in [0.05, 0.1) is 6.04 Å². The number of amides is 1. The first kappa shape index (κ1) is 15.2. The second-order valence-electron chi connectivity index (χ2n) is 5.61. The van der Waals surface area contributed by atoms with E-state index in [9.17, 15) is 9.18 Å². The predicted octanol–water partition coefficient (Wildman–Crippen LogP) is 2.95. The van der Waals surface area contributed by atoms with Crippen molar-refractivity contribution in [2.24, 2.45) is 0 Å². The predicted molar refractivity (Wildman–Crippen MR) is 86.1 cm³/mol. The highest BCUT2D eigenvalue weighted by Gasteiger charge is 2.25. The summed E-state index contributed by atoms with van der Waals surface area (Å²) in [5, 5.41) is 5.05. The summed E-state index contributed by atoms with van der Waals surface area (Å²) in [6, 6.07) is 8.20. The molecule has 1 aliphatic rings. The van der Waals surface area contributed by atoms with Crippen LogP contribution in [0.15, 0.2) is 35.7 Å². The van der Waals surface area contributed by atoms with Gasteiger partial charge in [-0.25, -0.2) is 4.39 Å². The summed E-state index contributed by atoms with van der Waals surface area (Å²) >= 11 is 1.80. The molecule has 1 amide bonds. The monoisotopic (exact) mass is 318 g/mol. The second-order valence-corrected chi connectivity index (χ2v) is 6.61. The Morgan fingerprint density at radius 2 is 2.14 bits per heavy atom. The number of thiophene rings is 1. The normalized spacial score (nSPS) is 16.1. The maximum Gasteiger partial charge on any atom is 0.237 e. The molecule has 116 valence electrons. The van der Waals surface area contributed by atoms with Gasteiger partial charge in [-0.2, -0.15) is 0 Å². The lowest BCUT2D eigenvalue weighted by Crippen LogP contribution is -2.46. The highest BCUT2D eigenvalue weighted by molar-refractivity contribution is 7.10. The van der Waals surface area contributed by atoms with Gasteiger partial charge in [0, 0.05) is 24.5 Å². The fourth-order valence-electron chi connectivity index (χ4n) is 2.71. The van der Waals surface area contributed by atoms with Crippen molar-refractivity contribution >= 4 is 17.2 Å². The molecular formula is C17H19FN2OS. The number of halogens is 1. The molecule has 0 radical (unpaired) electrons. The summed E-state index contributed by atoms with van der Waals surface area (Å²) in [6.07, 6.45) is 1.02. The van der Waals surface area contributed by atoms with Crippen molar-refractivity contribution in [3.63, 3.8) is 0 Å². The number of nitrogens with zero attached hydrogens (tertiary/aromatic N) is 1. The van der Waals surface area contributed by atoms with Crippen LogP contribution in [-0.2, 0) is 24.3 Å². The van der Waals surface area contributed by atoms with Gasteiger partial charge in [0.2, 0.25) is 5.91 Å². The van der Waals surface area contributed by atoms with Gasteiger partial charge in [-0.3, -0.25) is 9.69 Å². The fraction of sp³-hybridized carbons (Fsp3) is 0.353. The van der Waals surface area contributed by atoms with Gasteiger partial charge >= 0.3 is 0 Å². The average Bonchev–Trinajstić information content (AvgIpc) is 3.00. The zero-order valence-electron chi connectivity index (χ0n) is 12.5. The van der Waals surface area contributed by atoms with E-state index >= 15 is 0 Å². The van der Waals surface area contributed by atoms with Gasteiger partial charge in [-0.15, -0.1) is 11.3 Å². The standard InChI is InChI=1S/C17H19FN2OS/c1-12(20-8-6-16-14(11-20)7-9-22-16)17(21)19-10-13-2-4-15(18)5-3-13/h2-5,7,9,12H,6,8,10-11H2,1H3,(H,19,21)/t12-/m1/s1. The number of carbonyl (C=O) groups is 1. The molecule has 5 heteroatoms. The van der Waals surface area contributed by atoms with Crippen LogP contribution in [-0.4, -0.2) is 23.4 Å². The number of nitrogens with one attached hydrogen (secondary N) is 1. The molecule has 1 aliphatic heterocycles. The van der Waals surface area contributed by atoms with Crippen LogP contribution in [0.3, 0.4) is 0 Å². The van der Waals surface area contributed by atoms with E-state index in [4.69, 9.17) is 0 Å². The molecule has 2 heterocycles. The minimum absolute atomic E-state index is 0.0167. The highest BCUT2D eigenvalue weighted by Crippen LogP contribution is 2.25. The van der Waals surface area contributed by atoms with Gasteiger partial charge in [0.1, 0.15) is 5.82 Å². The van der Waals surface area contributed by atoms with E-state index in [1.54, 1.807) is 23.5 Å². The summed E-state index contributed by atoms with van der Waals surface area (Å²) in [6.45, 7) is 4.13. The molecule has 1 atom stereocenters. The fourth-order valence-corrected chi connectivity index (χ4v) is 3.60. The summed E-state index contributed by atoms with van der Waals surface area (Å²) in [5.74, 6) is -0.244. The molecule has 1 N–H and O–H groups in total. The Bertz CT molecular complexity index is 653. The summed E-state index contributed by atoms with van der Waals surface area (Å²) in [5.41, 5.74) is 2.25. The molecule has 0 spiro atoms. The molecule has 3 nitrogen and oxygen atoms in total. The lowest BCUT2D eigenvalue weighted by atomic mass is 10.1. The first-order chi connectivity index (χ1) is 10.6. The summed E-state index contributed by atoms with van der Waals surface area (Å²) in [4.78, 5) is 16.0. The number of fused-ring (bicyclic) bond motifs is 1. The Morgan fingerprint density at radius 3 is 2.91 bits per heavy atom.